The second-order valence-corrected chi connectivity index (χ2v) is 7.16. The zero-order valence-corrected chi connectivity index (χ0v) is 17.4. The van der Waals surface area contributed by atoms with Crippen molar-refractivity contribution in [3.8, 4) is 11.5 Å². The third-order valence-corrected chi connectivity index (χ3v) is 4.98. The minimum absolute atomic E-state index is 0.0586. The van der Waals surface area contributed by atoms with Crippen molar-refractivity contribution < 1.29 is 19.4 Å². The number of nitrogens with zero attached hydrogens (tertiary/aromatic N) is 3. The van der Waals surface area contributed by atoms with Crippen LogP contribution in [0, 0.1) is 0 Å². The first-order valence-corrected chi connectivity index (χ1v) is 10.2. The van der Waals surface area contributed by atoms with Crippen LogP contribution in [0.15, 0.2) is 24.5 Å². The van der Waals surface area contributed by atoms with Gasteiger partial charge in [-0.05, 0) is 44.4 Å². The number of benzene rings is 1. The summed E-state index contributed by atoms with van der Waals surface area (Å²) in [5, 5.41) is 12.2. The van der Waals surface area contributed by atoms with E-state index in [9.17, 15) is 4.79 Å². The van der Waals surface area contributed by atoms with Crippen molar-refractivity contribution in [2.75, 3.05) is 37.4 Å². The predicted octanol–water partition coefficient (Wildman–Crippen LogP) is 2.63. The Labute approximate surface area is 176 Å². The number of carbonyl (C=O) groups is 1. The summed E-state index contributed by atoms with van der Waals surface area (Å²) in [6.07, 6.45) is 4.64. The van der Waals surface area contributed by atoms with Crippen LogP contribution in [0.5, 0.6) is 11.5 Å². The standard InChI is InChI=1S/C21H29N5O4/c1-3-29-17-9-14(10-18(20(17)22)30-4-2)13-26-7-5-15(6-8-26)25-19-12-23-16(11-24-19)21(27)28/h9-12,15H,3-8,13,22H2,1-2H3,(H,24,25)(H,27,28). The number of carboxylic acids is 1. The lowest BCUT2D eigenvalue weighted by Gasteiger charge is -2.32. The van der Waals surface area contributed by atoms with Crippen molar-refractivity contribution in [2.45, 2.75) is 39.3 Å². The molecule has 0 bridgehead atoms. The number of hydrogen-bond acceptors (Lipinski definition) is 8. The molecule has 0 atom stereocenters. The van der Waals surface area contributed by atoms with Gasteiger partial charge in [0.15, 0.2) is 5.69 Å². The van der Waals surface area contributed by atoms with Gasteiger partial charge in [0.2, 0.25) is 0 Å². The molecule has 1 aliphatic heterocycles. The smallest absolute Gasteiger partial charge is 0.356 e. The molecule has 30 heavy (non-hydrogen) atoms. The molecule has 162 valence electrons. The van der Waals surface area contributed by atoms with Gasteiger partial charge in [0.1, 0.15) is 23.0 Å². The molecular weight excluding hydrogens is 386 g/mol. The number of aromatic carboxylic acids is 1. The summed E-state index contributed by atoms with van der Waals surface area (Å²) in [5.41, 5.74) is 7.75. The lowest BCUT2D eigenvalue weighted by Crippen LogP contribution is -2.38. The number of aromatic nitrogens is 2. The number of ether oxygens (including phenoxy) is 2. The Hall–Kier alpha value is -3.07. The molecule has 1 aliphatic rings. The van der Waals surface area contributed by atoms with E-state index in [2.05, 4.69) is 20.2 Å². The molecule has 0 unspecified atom stereocenters. The number of likely N-dealkylation sites (tertiary alicyclic amines) is 1. The van der Waals surface area contributed by atoms with Gasteiger partial charge >= 0.3 is 5.97 Å². The maximum atomic E-state index is 10.9. The van der Waals surface area contributed by atoms with E-state index < -0.39 is 5.97 Å². The van der Waals surface area contributed by atoms with Crippen LogP contribution in [0.25, 0.3) is 0 Å². The molecule has 1 saturated heterocycles. The number of piperidine rings is 1. The van der Waals surface area contributed by atoms with Crippen LogP contribution < -0.4 is 20.5 Å². The Bertz CT molecular complexity index is 824. The highest BCUT2D eigenvalue weighted by molar-refractivity contribution is 5.84. The fourth-order valence-electron chi connectivity index (χ4n) is 3.51. The first-order chi connectivity index (χ1) is 14.5. The number of nitrogens with one attached hydrogen (secondary N) is 1. The van der Waals surface area contributed by atoms with E-state index in [0.717, 1.165) is 38.0 Å². The molecule has 0 radical (unpaired) electrons. The van der Waals surface area contributed by atoms with Crippen LogP contribution in [0.4, 0.5) is 11.5 Å². The molecule has 9 heteroatoms. The second kappa shape index (κ2) is 10.1. The summed E-state index contributed by atoms with van der Waals surface area (Å²) in [6.45, 7) is 7.61. The quantitative estimate of drug-likeness (QED) is 0.530. The fourth-order valence-corrected chi connectivity index (χ4v) is 3.51. The second-order valence-electron chi connectivity index (χ2n) is 7.16. The Balaban J connectivity index is 1.57. The van der Waals surface area contributed by atoms with Crippen LogP contribution in [-0.2, 0) is 6.54 Å². The Morgan fingerprint density at radius 2 is 1.80 bits per heavy atom. The lowest BCUT2D eigenvalue weighted by molar-refractivity contribution is 0.0690. The van der Waals surface area contributed by atoms with Gasteiger partial charge < -0.3 is 25.6 Å². The largest absolute Gasteiger partial charge is 0.492 e. The average molecular weight is 415 g/mol. The van der Waals surface area contributed by atoms with Crippen molar-refractivity contribution in [1.29, 1.82) is 0 Å². The minimum atomic E-state index is -1.08. The molecule has 1 fully saturated rings. The SMILES string of the molecule is CCOc1cc(CN2CCC(Nc3cnc(C(=O)O)cn3)CC2)cc(OCC)c1N. The molecule has 0 amide bonds. The van der Waals surface area contributed by atoms with Gasteiger partial charge in [-0.15, -0.1) is 0 Å². The summed E-state index contributed by atoms with van der Waals surface area (Å²) < 4.78 is 11.4. The van der Waals surface area contributed by atoms with Crippen LogP contribution in [0.1, 0.15) is 42.7 Å². The Morgan fingerprint density at radius 3 is 2.30 bits per heavy atom. The van der Waals surface area contributed by atoms with E-state index in [0.29, 0.717) is 36.2 Å². The summed E-state index contributed by atoms with van der Waals surface area (Å²) in [5.74, 6) is 0.849. The molecular formula is C21H29N5O4. The number of nitrogens with two attached hydrogens (primary N) is 1. The maximum absolute atomic E-state index is 10.9. The molecule has 9 nitrogen and oxygen atoms in total. The number of anilines is 2. The zero-order valence-electron chi connectivity index (χ0n) is 17.4. The van der Waals surface area contributed by atoms with Gasteiger partial charge in [-0.3, -0.25) is 4.90 Å². The third kappa shape index (κ3) is 5.50. The molecule has 2 aromatic rings. The van der Waals surface area contributed by atoms with Crippen LogP contribution in [-0.4, -0.2) is 58.3 Å². The third-order valence-electron chi connectivity index (χ3n) is 4.98. The molecule has 0 aliphatic carbocycles. The average Bonchev–Trinajstić information content (AvgIpc) is 2.73. The number of carboxylic acid groups (broad SMARTS) is 1. The molecule has 0 saturated carbocycles. The van der Waals surface area contributed by atoms with Gasteiger partial charge in [-0.1, -0.05) is 0 Å². The van der Waals surface area contributed by atoms with Gasteiger partial charge in [-0.25, -0.2) is 14.8 Å². The van der Waals surface area contributed by atoms with E-state index in [1.165, 1.54) is 12.4 Å². The summed E-state index contributed by atoms with van der Waals surface area (Å²) in [7, 11) is 0. The minimum Gasteiger partial charge on any atom is -0.492 e. The Morgan fingerprint density at radius 1 is 1.17 bits per heavy atom. The van der Waals surface area contributed by atoms with Crippen LogP contribution in [0.2, 0.25) is 0 Å². The highest BCUT2D eigenvalue weighted by atomic mass is 16.5. The van der Waals surface area contributed by atoms with E-state index in [4.69, 9.17) is 20.3 Å². The maximum Gasteiger partial charge on any atom is 0.356 e. The summed E-state index contributed by atoms with van der Waals surface area (Å²) in [4.78, 5) is 21.3. The van der Waals surface area contributed by atoms with Crippen LogP contribution >= 0.6 is 0 Å². The first kappa shape index (κ1) is 21.6. The monoisotopic (exact) mass is 415 g/mol. The number of nitrogen functional groups attached to an aromatic ring is 1. The Kier molecular flexibility index (Phi) is 7.29. The number of hydrogen-bond donors (Lipinski definition) is 3. The first-order valence-electron chi connectivity index (χ1n) is 10.2. The van der Waals surface area contributed by atoms with Gasteiger partial charge in [0.05, 0.1) is 25.6 Å². The van der Waals surface area contributed by atoms with Gasteiger partial charge in [-0.2, -0.15) is 0 Å². The normalized spacial score (nSPS) is 15.0. The van der Waals surface area contributed by atoms with E-state index in [-0.39, 0.29) is 11.7 Å². The van der Waals surface area contributed by atoms with E-state index >= 15 is 0 Å². The van der Waals surface area contributed by atoms with Gasteiger partial charge in [0, 0.05) is 25.7 Å². The van der Waals surface area contributed by atoms with E-state index in [1.54, 1.807) is 0 Å². The van der Waals surface area contributed by atoms with Crippen molar-refractivity contribution >= 4 is 17.5 Å². The van der Waals surface area contributed by atoms with Crippen molar-refractivity contribution in [3.05, 3.63) is 35.8 Å². The van der Waals surface area contributed by atoms with Crippen molar-refractivity contribution in [1.82, 2.24) is 14.9 Å². The van der Waals surface area contributed by atoms with Gasteiger partial charge in [0.25, 0.3) is 0 Å². The predicted molar refractivity (Wildman–Crippen MR) is 114 cm³/mol. The van der Waals surface area contributed by atoms with Crippen LogP contribution in [0.3, 0.4) is 0 Å². The molecule has 0 spiro atoms. The zero-order chi connectivity index (χ0) is 21.5. The molecule has 1 aromatic heterocycles. The topological polar surface area (TPSA) is 123 Å². The molecule has 1 aromatic carbocycles. The molecule has 2 heterocycles. The summed E-state index contributed by atoms with van der Waals surface area (Å²) in [6, 6.07) is 4.26. The highest BCUT2D eigenvalue weighted by Crippen LogP contribution is 2.34. The summed E-state index contributed by atoms with van der Waals surface area (Å²) >= 11 is 0. The highest BCUT2D eigenvalue weighted by Gasteiger charge is 2.21. The van der Waals surface area contributed by atoms with Crippen molar-refractivity contribution in [2.24, 2.45) is 0 Å². The number of rotatable bonds is 9. The van der Waals surface area contributed by atoms with E-state index in [1.807, 2.05) is 26.0 Å². The lowest BCUT2D eigenvalue weighted by atomic mass is 10.0. The fraction of sp³-hybridized carbons (Fsp3) is 0.476. The molecule has 3 rings (SSSR count). The van der Waals surface area contributed by atoms with Crippen molar-refractivity contribution in [3.63, 3.8) is 0 Å². The molecule has 4 N–H and O–H groups in total.